The lowest BCUT2D eigenvalue weighted by atomic mass is 10.3. The van der Waals surface area contributed by atoms with Crippen LogP contribution in [-0.4, -0.2) is 10.9 Å². The molecule has 0 aliphatic carbocycles. The first-order chi connectivity index (χ1) is 7.25. The highest BCUT2D eigenvalue weighted by molar-refractivity contribution is 7.11. The number of amides is 1. The summed E-state index contributed by atoms with van der Waals surface area (Å²) in [6, 6.07) is 6.99. The van der Waals surface area contributed by atoms with Gasteiger partial charge in [0.15, 0.2) is 0 Å². The van der Waals surface area contributed by atoms with Crippen LogP contribution in [0.2, 0.25) is 0 Å². The number of rotatable bonds is 2. The normalized spacial score (nSPS) is 9.87. The van der Waals surface area contributed by atoms with Crippen molar-refractivity contribution in [1.29, 1.82) is 0 Å². The first-order valence-corrected chi connectivity index (χ1v) is 5.19. The van der Waals surface area contributed by atoms with Crippen LogP contribution in [0.1, 0.15) is 9.67 Å². The lowest BCUT2D eigenvalue weighted by Crippen LogP contribution is -2.09. The second-order valence-corrected chi connectivity index (χ2v) is 3.83. The maximum atomic E-state index is 11.6. The minimum atomic E-state index is -0.151. The van der Waals surface area contributed by atoms with Crippen LogP contribution in [0.25, 0.3) is 0 Å². The van der Waals surface area contributed by atoms with E-state index in [0.717, 1.165) is 5.69 Å². The molecular formula is C10H9N3OS. The first kappa shape index (κ1) is 9.67. The van der Waals surface area contributed by atoms with Gasteiger partial charge in [-0.2, -0.15) is 0 Å². The quantitative estimate of drug-likeness (QED) is 0.759. The molecule has 1 amide bonds. The second-order valence-electron chi connectivity index (χ2n) is 2.94. The van der Waals surface area contributed by atoms with Crippen molar-refractivity contribution in [2.45, 2.75) is 0 Å². The smallest absolute Gasteiger partial charge is 0.267 e. The van der Waals surface area contributed by atoms with E-state index in [1.807, 2.05) is 0 Å². The molecule has 1 heterocycles. The van der Waals surface area contributed by atoms with Crippen LogP contribution in [0.15, 0.2) is 36.0 Å². The average Bonchev–Trinajstić information content (AvgIpc) is 2.74. The predicted octanol–water partition coefficient (Wildman–Crippen LogP) is 1.98. The summed E-state index contributed by atoms with van der Waals surface area (Å²) in [7, 11) is 0. The van der Waals surface area contributed by atoms with E-state index in [2.05, 4.69) is 10.3 Å². The molecule has 0 radical (unpaired) electrons. The summed E-state index contributed by atoms with van der Waals surface area (Å²) in [5, 5.41) is 2.75. The van der Waals surface area contributed by atoms with E-state index in [1.165, 1.54) is 17.5 Å². The third-order valence-electron chi connectivity index (χ3n) is 1.82. The van der Waals surface area contributed by atoms with Crippen LogP contribution in [0.3, 0.4) is 0 Å². The molecule has 2 aromatic rings. The van der Waals surface area contributed by atoms with Crippen LogP contribution >= 0.6 is 11.3 Å². The number of carbonyl (C=O) groups is 1. The number of nitrogens with zero attached hydrogens (tertiary/aromatic N) is 1. The van der Waals surface area contributed by atoms with Crippen molar-refractivity contribution in [2.75, 3.05) is 11.1 Å². The van der Waals surface area contributed by atoms with E-state index < -0.39 is 0 Å². The average molecular weight is 219 g/mol. The number of nitrogens with two attached hydrogens (primary N) is 1. The number of aromatic nitrogens is 1. The Morgan fingerprint density at radius 2 is 2.07 bits per heavy atom. The van der Waals surface area contributed by atoms with Gasteiger partial charge in [-0.3, -0.25) is 9.78 Å². The van der Waals surface area contributed by atoms with Crippen molar-refractivity contribution in [1.82, 2.24) is 4.98 Å². The molecular weight excluding hydrogens is 210 g/mol. The van der Waals surface area contributed by atoms with Crippen LogP contribution in [0.4, 0.5) is 11.4 Å². The zero-order valence-electron chi connectivity index (χ0n) is 7.81. The van der Waals surface area contributed by atoms with Gasteiger partial charge in [-0.15, -0.1) is 11.3 Å². The molecule has 0 spiro atoms. The summed E-state index contributed by atoms with van der Waals surface area (Å²) >= 11 is 1.31. The molecule has 2 rings (SSSR count). The standard InChI is InChI=1S/C10H9N3OS/c11-7-1-3-8(4-2-7)13-10(14)9-5-12-6-15-9/h1-6H,11H2,(H,13,14). The topological polar surface area (TPSA) is 68.0 Å². The number of benzene rings is 1. The van der Waals surface area contributed by atoms with Crippen molar-refractivity contribution in [3.05, 3.63) is 40.8 Å². The molecule has 15 heavy (non-hydrogen) atoms. The van der Waals surface area contributed by atoms with Gasteiger partial charge < -0.3 is 11.1 Å². The summed E-state index contributed by atoms with van der Waals surface area (Å²) in [4.78, 5) is 16.0. The first-order valence-electron chi connectivity index (χ1n) is 4.31. The molecule has 0 unspecified atom stereocenters. The molecule has 0 saturated heterocycles. The minimum Gasteiger partial charge on any atom is -0.399 e. The van der Waals surface area contributed by atoms with E-state index >= 15 is 0 Å². The van der Waals surface area contributed by atoms with E-state index in [0.29, 0.717) is 10.6 Å². The SMILES string of the molecule is Nc1ccc(NC(=O)c2cncs2)cc1. The summed E-state index contributed by atoms with van der Waals surface area (Å²) in [6.07, 6.45) is 1.54. The van der Waals surface area contributed by atoms with E-state index in [-0.39, 0.29) is 5.91 Å². The van der Waals surface area contributed by atoms with Crippen LogP contribution in [-0.2, 0) is 0 Å². The van der Waals surface area contributed by atoms with Crippen LogP contribution < -0.4 is 11.1 Å². The molecule has 0 fully saturated rings. The Kier molecular flexibility index (Phi) is 2.64. The number of nitrogens with one attached hydrogen (secondary N) is 1. The Bertz CT molecular complexity index is 450. The fourth-order valence-corrected chi connectivity index (χ4v) is 1.60. The molecule has 3 N–H and O–H groups in total. The summed E-state index contributed by atoms with van der Waals surface area (Å²) in [5.74, 6) is -0.151. The molecule has 76 valence electrons. The highest BCUT2D eigenvalue weighted by Gasteiger charge is 2.06. The Balaban J connectivity index is 2.09. The summed E-state index contributed by atoms with van der Waals surface area (Å²) in [5.41, 5.74) is 8.55. The number of hydrogen-bond acceptors (Lipinski definition) is 4. The van der Waals surface area contributed by atoms with Gasteiger partial charge >= 0.3 is 0 Å². The minimum absolute atomic E-state index is 0.151. The van der Waals surface area contributed by atoms with Gasteiger partial charge in [0.2, 0.25) is 0 Å². The molecule has 5 heteroatoms. The van der Waals surface area contributed by atoms with Crippen molar-refractivity contribution < 1.29 is 4.79 Å². The fraction of sp³-hybridized carbons (Fsp3) is 0. The number of nitrogen functional groups attached to an aromatic ring is 1. The van der Waals surface area contributed by atoms with Crippen molar-refractivity contribution >= 4 is 28.6 Å². The fourth-order valence-electron chi connectivity index (χ4n) is 1.09. The van der Waals surface area contributed by atoms with Crippen molar-refractivity contribution in [2.24, 2.45) is 0 Å². The molecule has 0 atom stereocenters. The third-order valence-corrected chi connectivity index (χ3v) is 2.60. The third kappa shape index (κ3) is 2.32. The lowest BCUT2D eigenvalue weighted by molar-refractivity contribution is 0.103. The molecule has 4 nitrogen and oxygen atoms in total. The zero-order valence-corrected chi connectivity index (χ0v) is 8.62. The predicted molar refractivity (Wildman–Crippen MR) is 60.9 cm³/mol. The maximum absolute atomic E-state index is 11.6. The molecule has 0 aliphatic rings. The Labute approximate surface area is 90.8 Å². The second kappa shape index (κ2) is 4.10. The van der Waals surface area contributed by atoms with E-state index in [1.54, 1.807) is 29.8 Å². The number of thiazole rings is 1. The van der Waals surface area contributed by atoms with E-state index in [9.17, 15) is 4.79 Å². The van der Waals surface area contributed by atoms with E-state index in [4.69, 9.17) is 5.73 Å². The summed E-state index contributed by atoms with van der Waals surface area (Å²) in [6.45, 7) is 0. The van der Waals surface area contributed by atoms with Gasteiger partial charge in [0.25, 0.3) is 5.91 Å². The highest BCUT2D eigenvalue weighted by atomic mass is 32.1. The maximum Gasteiger partial charge on any atom is 0.267 e. The van der Waals surface area contributed by atoms with Gasteiger partial charge in [-0.25, -0.2) is 0 Å². The number of carbonyl (C=O) groups excluding carboxylic acids is 1. The van der Waals surface area contributed by atoms with Crippen molar-refractivity contribution in [3.8, 4) is 0 Å². The Morgan fingerprint density at radius 3 is 2.67 bits per heavy atom. The van der Waals surface area contributed by atoms with Gasteiger partial charge in [0.05, 0.1) is 11.7 Å². The monoisotopic (exact) mass is 219 g/mol. The van der Waals surface area contributed by atoms with Crippen LogP contribution in [0.5, 0.6) is 0 Å². The molecule has 1 aromatic carbocycles. The van der Waals surface area contributed by atoms with Crippen LogP contribution in [0, 0.1) is 0 Å². The number of anilines is 2. The Hall–Kier alpha value is -1.88. The van der Waals surface area contributed by atoms with Gasteiger partial charge in [-0.1, -0.05) is 0 Å². The number of hydrogen-bond donors (Lipinski definition) is 2. The van der Waals surface area contributed by atoms with Crippen molar-refractivity contribution in [3.63, 3.8) is 0 Å². The van der Waals surface area contributed by atoms with Gasteiger partial charge in [0.1, 0.15) is 4.88 Å². The molecule has 0 bridgehead atoms. The van der Waals surface area contributed by atoms with Gasteiger partial charge in [-0.05, 0) is 24.3 Å². The zero-order chi connectivity index (χ0) is 10.7. The largest absolute Gasteiger partial charge is 0.399 e. The highest BCUT2D eigenvalue weighted by Crippen LogP contribution is 2.13. The van der Waals surface area contributed by atoms with Gasteiger partial charge in [0, 0.05) is 11.4 Å². The summed E-state index contributed by atoms with van der Waals surface area (Å²) < 4.78 is 0. The molecule has 0 aliphatic heterocycles. The molecule has 0 saturated carbocycles. The molecule has 1 aromatic heterocycles. The Morgan fingerprint density at radius 1 is 1.33 bits per heavy atom. The lowest BCUT2D eigenvalue weighted by Gasteiger charge is -2.02.